The van der Waals surface area contributed by atoms with Crippen molar-refractivity contribution in [2.45, 2.75) is 122 Å². The lowest BCUT2D eigenvalue weighted by molar-refractivity contribution is -0.236. The van der Waals surface area contributed by atoms with Gasteiger partial charge in [0.1, 0.15) is 5.83 Å². The fourth-order valence-electron chi connectivity index (χ4n) is 7.49. The minimum atomic E-state index is -4.57. The van der Waals surface area contributed by atoms with E-state index < -0.39 is 17.9 Å². The number of alkyl halides is 3. The number of halogens is 4. The lowest BCUT2D eigenvalue weighted by Crippen LogP contribution is -2.41. The highest BCUT2D eigenvalue weighted by atomic mass is 19.4. The molecule has 0 spiro atoms. The topological polar surface area (TPSA) is 18.5 Å². The third kappa shape index (κ3) is 9.35. The zero-order chi connectivity index (χ0) is 27.0. The fourth-order valence-corrected chi connectivity index (χ4v) is 7.49. The Morgan fingerprint density at radius 1 is 0.711 bits per heavy atom. The molecule has 4 rings (SSSR count). The van der Waals surface area contributed by atoms with Gasteiger partial charge in [0.25, 0.3) is 0 Å². The maximum Gasteiger partial charge on any atom is 0.412 e. The highest BCUT2D eigenvalue weighted by Gasteiger charge is 2.36. The average Bonchev–Trinajstić information content (AvgIpc) is 2.92. The third-order valence-electron chi connectivity index (χ3n) is 10.0. The van der Waals surface area contributed by atoms with Crippen molar-refractivity contribution in [2.24, 2.45) is 41.4 Å². The molecule has 4 aliphatic rings. The van der Waals surface area contributed by atoms with Gasteiger partial charge in [-0.1, -0.05) is 57.6 Å². The van der Waals surface area contributed by atoms with E-state index in [4.69, 9.17) is 9.47 Å². The van der Waals surface area contributed by atoms with Crippen LogP contribution in [0.1, 0.15) is 110 Å². The first kappa shape index (κ1) is 30.1. The van der Waals surface area contributed by atoms with Crippen LogP contribution in [0.25, 0.3) is 0 Å². The largest absolute Gasteiger partial charge is 0.412 e. The molecular formula is C32H50F4O2. The van der Waals surface area contributed by atoms with Gasteiger partial charge in [-0.15, -0.1) is 0 Å². The van der Waals surface area contributed by atoms with Gasteiger partial charge in [-0.05, 0) is 87.9 Å². The molecule has 4 fully saturated rings. The number of allylic oxidation sites excluding steroid dienone is 4. The Morgan fingerprint density at radius 3 is 1.82 bits per heavy atom. The molecule has 3 saturated carbocycles. The number of unbranched alkanes of at least 4 members (excludes halogenated alkanes) is 2. The highest BCUT2D eigenvalue weighted by Crippen LogP contribution is 2.41. The lowest BCUT2D eigenvalue weighted by atomic mass is 9.74. The molecule has 0 radical (unpaired) electrons. The Hall–Kier alpha value is -0.880. The summed E-state index contributed by atoms with van der Waals surface area (Å²) in [6.45, 7) is 4.00. The van der Waals surface area contributed by atoms with Gasteiger partial charge in [0.2, 0.25) is 0 Å². The van der Waals surface area contributed by atoms with E-state index in [-0.39, 0.29) is 12.4 Å². The Kier molecular flexibility index (Phi) is 11.6. The van der Waals surface area contributed by atoms with Crippen molar-refractivity contribution in [3.63, 3.8) is 0 Å². The summed E-state index contributed by atoms with van der Waals surface area (Å²) in [6, 6.07) is 0. The fraction of sp³-hybridized carbons (Fsp3) is 0.875. The van der Waals surface area contributed by atoms with Crippen molar-refractivity contribution >= 4 is 0 Å². The third-order valence-corrected chi connectivity index (χ3v) is 10.0. The first-order valence-corrected chi connectivity index (χ1v) is 15.7. The normalized spacial score (nSPS) is 38.0. The second-order valence-corrected chi connectivity index (χ2v) is 12.8. The second kappa shape index (κ2) is 14.7. The van der Waals surface area contributed by atoms with E-state index in [9.17, 15) is 17.6 Å². The van der Waals surface area contributed by atoms with Crippen molar-refractivity contribution in [3.05, 3.63) is 24.1 Å². The van der Waals surface area contributed by atoms with Crippen molar-refractivity contribution in [3.8, 4) is 0 Å². The number of hydrogen-bond acceptors (Lipinski definition) is 2. The molecular weight excluding hydrogens is 492 g/mol. The van der Waals surface area contributed by atoms with Gasteiger partial charge < -0.3 is 9.47 Å². The molecule has 0 amide bonds. The van der Waals surface area contributed by atoms with E-state index in [0.717, 1.165) is 63.6 Å². The van der Waals surface area contributed by atoms with Crippen molar-refractivity contribution < 1.29 is 27.0 Å². The van der Waals surface area contributed by atoms with Crippen LogP contribution in [0.4, 0.5) is 17.6 Å². The van der Waals surface area contributed by atoms with Crippen LogP contribution in [-0.2, 0) is 9.47 Å². The molecule has 1 aliphatic heterocycles. The maximum atomic E-state index is 13.9. The number of hydrogen-bond donors (Lipinski definition) is 0. The summed E-state index contributed by atoms with van der Waals surface area (Å²) >= 11 is 0. The molecule has 0 aromatic carbocycles. The van der Waals surface area contributed by atoms with Gasteiger partial charge >= 0.3 is 6.18 Å². The molecule has 0 unspecified atom stereocenters. The maximum absolute atomic E-state index is 13.9. The van der Waals surface area contributed by atoms with Crippen LogP contribution >= 0.6 is 0 Å². The average molecular weight is 543 g/mol. The zero-order valence-electron chi connectivity index (χ0n) is 23.4. The molecule has 1 heterocycles. The predicted octanol–water partition coefficient (Wildman–Crippen LogP) is 9.95. The molecule has 0 aromatic rings. The molecule has 2 nitrogen and oxygen atoms in total. The summed E-state index contributed by atoms with van der Waals surface area (Å²) in [4.78, 5) is 0. The highest BCUT2D eigenvalue weighted by molar-refractivity contribution is 5.05. The summed E-state index contributed by atoms with van der Waals surface area (Å²) in [5.41, 5.74) is 0. The molecule has 1 saturated heterocycles. The van der Waals surface area contributed by atoms with Crippen molar-refractivity contribution in [2.75, 3.05) is 13.2 Å². The molecule has 0 bridgehead atoms. The van der Waals surface area contributed by atoms with E-state index in [1.165, 1.54) is 51.4 Å². The second-order valence-electron chi connectivity index (χ2n) is 12.8. The van der Waals surface area contributed by atoms with Gasteiger partial charge in [-0.25, -0.2) is 4.39 Å². The van der Waals surface area contributed by atoms with Crippen molar-refractivity contribution in [1.29, 1.82) is 0 Å². The van der Waals surface area contributed by atoms with Crippen LogP contribution < -0.4 is 0 Å². The summed E-state index contributed by atoms with van der Waals surface area (Å²) in [7, 11) is 0. The predicted molar refractivity (Wildman–Crippen MR) is 144 cm³/mol. The standard InChI is InChI=1S/C32H50F4O2/c1-2-3-4-5-23-8-14-26(15-9-23)29-21-37-31(38-22-29)28-18-12-25(13-19-28)7-6-24-10-16-27(17-11-24)30(33)20-32(34,35)36/h6-7,20,23-29,31H,2-5,8-19,21-22H2,1H3/b7-6+,30-20-. The first-order chi connectivity index (χ1) is 18.3. The Morgan fingerprint density at radius 2 is 1.26 bits per heavy atom. The van der Waals surface area contributed by atoms with E-state index in [1.807, 2.05) is 0 Å². The molecule has 3 aliphatic carbocycles. The number of rotatable bonds is 9. The Bertz CT molecular complexity index is 731. The summed E-state index contributed by atoms with van der Waals surface area (Å²) in [5.74, 6) is 2.10. The van der Waals surface area contributed by atoms with E-state index in [0.29, 0.717) is 36.5 Å². The van der Waals surface area contributed by atoms with Crippen LogP contribution in [0, 0.1) is 41.4 Å². The van der Waals surface area contributed by atoms with Crippen LogP contribution in [-0.4, -0.2) is 25.7 Å². The Labute approximate surface area is 228 Å². The molecule has 0 aromatic heterocycles. The minimum absolute atomic E-state index is 0.0449. The van der Waals surface area contributed by atoms with Gasteiger partial charge in [0.05, 0.1) is 19.3 Å². The summed E-state index contributed by atoms with van der Waals surface area (Å²) < 4.78 is 63.7. The minimum Gasteiger partial charge on any atom is -0.352 e. The van der Waals surface area contributed by atoms with Crippen LogP contribution in [0.3, 0.4) is 0 Å². The van der Waals surface area contributed by atoms with Crippen LogP contribution in [0.5, 0.6) is 0 Å². The zero-order valence-corrected chi connectivity index (χ0v) is 23.4. The van der Waals surface area contributed by atoms with Crippen LogP contribution in [0.2, 0.25) is 0 Å². The Balaban J connectivity index is 1.10. The molecule has 218 valence electrons. The SMILES string of the molecule is CCCCCC1CCC(C2COC(C3CCC(/C=C/C4CCC(/C(F)=C/C(F)(F)F)CC4)CC3)OC2)CC1. The molecule has 0 N–H and O–H groups in total. The van der Waals surface area contributed by atoms with Gasteiger partial charge in [-0.3, -0.25) is 0 Å². The quantitative estimate of drug-likeness (QED) is 0.164. The summed E-state index contributed by atoms with van der Waals surface area (Å²) in [5, 5.41) is 0. The molecule has 6 heteroatoms. The van der Waals surface area contributed by atoms with Crippen molar-refractivity contribution in [1.82, 2.24) is 0 Å². The van der Waals surface area contributed by atoms with E-state index >= 15 is 0 Å². The van der Waals surface area contributed by atoms with Gasteiger partial charge in [0, 0.05) is 17.8 Å². The van der Waals surface area contributed by atoms with Crippen LogP contribution in [0.15, 0.2) is 24.1 Å². The van der Waals surface area contributed by atoms with Gasteiger partial charge in [-0.2, -0.15) is 13.2 Å². The summed E-state index contributed by atoms with van der Waals surface area (Å²) in [6.07, 6.45) is 17.8. The number of ether oxygens (including phenoxy) is 2. The van der Waals surface area contributed by atoms with E-state index in [2.05, 4.69) is 19.1 Å². The van der Waals surface area contributed by atoms with Gasteiger partial charge in [0.15, 0.2) is 6.29 Å². The molecule has 38 heavy (non-hydrogen) atoms. The van der Waals surface area contributed by atoms with E-state index in [1.54, 1.807) is 0 Å². The monoisotopic (exact) mass is 542 g/mol. The first-order valence-electron chi connectivity index (χ1n) is 15.7. The smallest absolute Gasteiger partial charge is 0.352 e. The lowest BCUT2D eigenvalue weighted by Gasteiger charge is -2.41. The molecule has 0 atom stereocenters.